The molecule has 1 aliphatic heterocycles. The van der Waals surface area contributed by atoms with E-state index in [1.807, 2.05) is 30.3 Å². The highest BCUT2D eigenvalue weighted by atomic mass is 32.1. The molecule has 0 N–H and O–H groups in total. The summed E-state index contributed by atoms with van der Waals surface area (Å²) in [5.74, 6) is 0.484. The number of rotatable bonds is 9. The standard InChI is InChI=1S/C34H33FN2O5S/c1-6-41-33(39)30-21(4)36-34-37(31(30)25-13-11-24(12-14-25)20(2)3)32(38)29(43-34)18-22-10-15-27(28(17-22)40-5)42-19-23-8-7-9-26(35)16-23/h7-18,20,31H,6,19H2,1-5H3/b29-18+/t31-/m1/s1. The summed E-state index contributed by atoms with van der Waals surface area (Å²) in [5.41, 5.74) is 3.98. The van der Waals surface area contributed by atoms with E-state index in [1.54, 1.807) is 48.8 Å². The molecule has 0 spiro atoms. The van der Waals surface area contributed by atoms with Crippen molar-refractivity contribution in [2.24, 2.45) is 4.99 Å². The predicted octanol–water partition coefficient (Wildman–Crippen LogP) is 5.65. The van der Waals surface area contributed by atoms with Gasteiger partial charge in [-0.05, 0) is 72.4 Å². The zero-order valence-corrected chi connectivity index (χ0v) is 25.5. The minimum atomic E-state index is -0.674. The fourth-order valence-electron chi connectivity index (χ4n) is 5.00. The quantitative estimate of drug-likeness (QED) is 0.232. The molecule has 1 aromatic heterocycles. The molecule has 7 nitrogen and oxygen atoms in total. The first kappa shape index (κ1) is 30.0. The Labute approximate surface area is 253 Å². The van der Waals surface area contributed by atoms with Crippen LogP contribution in [-0.2, 0) is 16.1 Å². The molecular formula is C34H33FN2O5S. The first-order chi connectivity index (χ1) is 20.7. The molecule has 2 heterocycles. The predicted molar refractivity (Wildman–Crippen MR) is 165 cm³/mol. The lowest BCUT2D eigenvalue weighted by Crippen LogP contribution is -2.39. The van der Waals surface area contributed by atoms with Crippen LogP contribution in [0.4, 0.5) is 4.39 Å². The first-order valence-electron chi connectivity index (χ1n) is 14.0. The average Bonchev–Trinajstić information content (AvgIpc) is 3.29. The van der Waals surface area contributed by atoms with Gasteiger partial charge in [0, 0.05) is 0 Å². The lowest BCUT2D eigenvalue weighted by atomic mass is 9.93. The molecule has 0 unspecified atom stereocenters. The third kappa shape index (κ3) is 6.32. The van der Waals surface area contributed by atoms with E-state index in [0.717, 1.165) is 16.7 Å². The van der Waals surface area contributed by atoms with E-state index in [-0.39, 0.29) is 24.6 Å². The van der Waals surface area contributed by atoms with Gasteiger partial charge >= 0.3 is 5.97 Å². The Kier molecular flexibility index (Phi) is 8.92. The highest BCUT2D eigenvalue weighted by Gasteiger charge is 2.33. The SMILES string of the molecule is CCOC(=O)C1=C(C)N=c2s/c(=C/c3ccc(OCc4cccc(F)c4)c(OC)c3)c(=O)n2[C@@H]1c1ccc(C(C)C)cc1. The molecule has 0 amide bonds. The molecule has 5 rings (SSSR count). The molecule has 1 aliphatic rings. The van der Waals surface area contributed by atoms with Gasteiger partial charge < -0.3 is 14.2 Å². The molecule has 0 bridgehead atoms. The van der Waals surface area contributed by atoms with Crippen LogP contribution in [0.15, 0.2) is 87.8 Å². The van der Waals surface area contributed by atoms with Crippen molar-refractivity contribution in [3.63, 3.8) is 0 Å². The summed E-state index contributed by atoms with van der Waals surface area (Å²) >= 11 is 1.26. The van der Waals surface area contributed by atoms with Crippen molar-refractivity contribution in [1.82, 2.24) is 4.57 Å². The number of allylic oxidation sites excluding steroid dienone is 1. The third-order valence-corrected chi connectivity index (χ3v) is 8.19. The summed E-state index contributed by atoms with van der Waals surface area (Å²) in [7, 11) is 1.53. The molecule has 4 aromatic rings. The van der Waals surface area contributed by atoms with Gasteiger partial charge in [-0.3, -0.25) is 9.36 Å². The van der Waals surface area contributed by atoms with Crippen LogP contribution in [0.5, 0.6) is 11.5 Å². The number of nitrogens with zero attached hydrogens (tertiary/aromatic N) is 2. The number of aromatic nitrogens is 1. The molecule has 1 atom stereocenters. The van der Waals surface area contributed by atoms with Gasteiger partial charge in [-0.15, -0.1) is 0 Å². The molecule has 3 aromatic carbocycles. The second-order valence-corrected chi connectivity index (χ2v) is 11.5. The van der Waals surface area contributed by atoms with Crippen molar-refractivity contribution >= 4 is 23.4 Å². The van der Waals surface area contributed by atoms with E-state index >= 15 is 0 Å². The zero-order valence-electron chi connectivity index (χ0n) is 24.7. The van der Waals surface area contributed by atoms with Gasteiger partial charge in [0.25, 0.3) is 5.56 Å². The lowest BCUT2D eigenvalue weighted by molar-refractivity contribution is -0.139. The fraction of sp³-hybridized carbons (Fsp3) is 0.265. The van der Waals surface area contributed by atoms with Gasteiger partial charge in [-0.2, -0.15) is 0 Å². The molecule has 222 valence electrons. The second kappa shape index (κ2) is 12.8. The Balaban J connectivity index is 1.54. The van der Waals surface area contributed by atoms with Crippen LogP contribution in [-0.4, -0.2) is 24.3 Å². The monoisotopic (exact) mass is 600 g/mol. The normalized spacial score (nSPS) is 14.9. The smallest absolute Gasteiger partial charge is 0.338 e. The Morgan fingerprint density at radius 1 is 1.09 bits per heavy atom. The van der Waals surface area contributed by atoms with Crippen LogP contribution in [0.2, 0.25) is 0 Å². The zero-order chi connectivity index (χ0) is 30.7. The summed E-state index contributed by atoms with van der Waals surface area (Å²) in [6, 6.07) is 18.9. The highest BCUT2D eigenvalue weighted by Crippen LogP contribution is 2.32. The summed E-state index contributed by atoms with van der Waals surface area (Å²) in [5, 5.41) is 0. The van der Waals surface area contributed by atoms with Crippen molar-refractivity contribution in [2.75, 3.05) is 13.7 Å². The summed E-state index contributed by atoms with van der Waals surface area (Å²) in [6.45, 7) is 8.14. The minimum absolute atomic E-state index is 0.173. The average molecular weight is 601 g/mol. The Bertz CT molecular complexity index is 1870. The number of methoxy groups -OCH3 is 1. The molecular weight excluding hydrogens is 567 g/mol. The number of thiazole rings is 1. The number of hydrogen-bond donors (Lipinski definition) is 0. The fourth-order valence-corrected chi connectivity index (χ4v) is 6.05. The maximum atomic E-state index is 13.9. The maximum absolute atomic E-state index is 13.9. The van der Waals surface area contributed by atoms with Crippen molar-refractivity contribution in [1.29, 1.82) is 0 Å². The van der Waals surface area contributed by atoms with Crippen LogP contribution in [0.3, 0.4) is 0 Å². The van der Waals surface area contributed by atoms with Crippen molar-refractivity contribution in [3.8, 4) is 11.5 Å². The molecule has 0 aliphatic carbocycles. The number of ether oxygens (including phenoxy) is 3. The van der Waals surface area contributed by atoms with Crippen molar-refractivity contribution in [3.05, 3.63) is 126 Å². The van der Waals surface area contributed by atoms with Crippen LogP contribution in [0.25, 0.3) is 6.08 Å². The van der Waals surface area contributed by atoms with E-state index < -0.39 is 12.0 Å². The van der Waals surface area contributed by atoms with Gasteiger partial charge in [0.1, 0.15) is 12.4 Å². The topological polar surface area (TPSA) is 79.1 Å². The molecule has 0 radical (unpaired) electrons. The van der Waals surface area contributed by atoms with Crippen LogP contribution >= 0.6 is 11.3 Å². The minimum Gasteiger partial charge on any atom is -0.493 e. The van der Waals surface area contributed by atoms with E-state index in [0.29, 0.717) is 43.6 Å². The molecule has 0 fully saturated rings. The lowest BCUT2D eigenvalue weighted by Gasteiger charge is -2.25. The van der Waals surface area contributed by atoms with E-state index in [4.69, 9.17) is 14.2 Å². The van der Waals surface area contributed by atoms with E-state index in [2.05, 4.69) is 18.8 Å². The second-order valence-electron chi connectivity index (χ2n) is 10.5. The molecule has 43 heavy (non-hydrogen) atoms. The number of carbonyl (C=O) groups excluding carboxylic acids is 1. The maximum Gasteiger partial charge on any atom is 0.338 e. The number of halogens is 1. The van der Waals surface area contributed by atoms with Crippen molar-refractivity contribution in [2.45, 2.75) is 46.3 Å². The molecule has 9 heteroatoms. The summed E-state index contributed by atoms with van der Waals surface area (Å²) in [4.78, 5) is 32.2. The van der Waals surface area contributed by atoms with E-state index in [9.17, 15) is 14.0 Å². The largest absolute Gasteiger partial charge is 0.493 e. The van der Waals surface area contributed by atoms with E-state index in [1.165, 1.54) is 30.6 Å². The number of esters is 1. The molecule has 0 saturated heterocycles. The Morgan fingerprint density at radius 3 is 2.53 bits per heavy atom. The Hall–Kier alpha value is -4.50. The summed E-state index contributed by atoms with van der Waals surface area (Å²) < 4.78 is 32.4. The van der Waals surface area contributed by atoms with Crippen molar-refractivity contribution < 1.29 is 23.4 Å². The Morgan fingerprint density at radius 2 is 1.86 bits per heavy atom. The van der Waals surface area contributed by atoms with Gasteiger partial charge in [-0.1, -0.05) is 67.6 Å². The van der Waals surface area contributed by atoms with Gasteiger partial charge in [-0.25, -0.2) is 14.2 Å². The van der Waals surface area contributed by atoms with Gasteiger partial charge in [0.2, 0.25) is 0 Å². The number of fused-ring (bicyclic) bond motifs is 1. The third-order valence-electron chi connectivity index (χ3n) is 7.20. The number of carbonyl (C=O) groups is 1. The van der Waals surface area contributed by atoms with Crippen LogP contribution in [0.1, 0.15) is 61.9 Å². The van der Waals surface area contributed by atoms with Crippen LogP contribution in [0, 0.1) is 5.82 Å². The highest BCUT2D eigenvalue weighted by molar-refractivity contribution is 7.07. The first-order valence-corrected chi connectivity index (χ1v) is 14.9. The van der Waals surface area contributed by atoms with Crippen LogP contribution < -0.4 is 24.4 Å². The number of benzene rings is 3. The molecule has 0 saturated carbocycles. The van der Waals surface area contributed by atoms with Gasteiger partial charge in [0.05, 0.1) is 35.6 Å². The number of hydrogen-bond acceptors (Lipinski definition) is 7. The summed E-state index contributed by atoms with van der Waals surface area (Å²) in [6.07, 6.45) is 1.77. The van der Waals surface area contributed by atoms with Gasteiger partial charge in [0.15, 0.2) is 16.3 Å².